The molecule has 0 bridgehead atoms. The molecule has 0 atom stereocenters. The number of rotatable bonds is 3. The maximum atomic E-state index is 11.0. The van der Waals surface area contributed by atoms with E-state index in [1.54, 1.807) is 18.2 Å². The average Bonchev–Trinajstić information content (AvgIpc) is 2.87. The van der Waals surface area contributed by atoms with Gasteiger partial charge in [0.1, 0.15) is 11.8 Å². The summed E-state index contributed by atoms with van der Waals surface area (Å²) in [5.74, 6) is 0.0304. The monoisotopic (exact) mass is 242 g/mol. The molecule has 0 radical (unpaired) electrons. The van der Waals surface area contributed by atoms with Crippen molar-refractivity contribution in [3.8, 4) is 17.5 Å². The van der Waals surface area contributed by atoms with E-state index in [0.29, 0.717) is 17.0 Å². The van der Waals surface area contributed by atoms with E-state index < -0.39 is 5.91 Å². The Labute approximate surface area is 103 Å². The zero-order chi connectivity index (χ0) is 13.1. The number of hydrogen-bond acceptors (Lipinski definition) is 4. The van der Waals surface area contributed by atoms with Crippen LogP contribution in [-0.2, 0) is 0 Å². The highest BCUT2D eigenvalue weighted by atomic mass is 16.5. The largest absolute Gasteiger partial charge is 0.497 e. The molecule has 0 aliphatic rings. The van der Waals surface area contributed by atoms with Gasteiger partial charge in [0, 0.05) is 12.3 Å². The molecule has 1 aromatic carbocycles. The standard InChI is InChI=1S/C12H10N4O2/c1-18-10-3-2-8(5-13)11(4-10)16-7-9(6-15-16)12(14)17/h2-4,6-7H,1H3,(H2,14,17). The lowest BCUT2D eigenvalue weighted by atomic mass is 10.2. The second-order valence-electron chi connectivity index (χ2n) is 3.53. The molecule has 0 saturated carbocycles. The van der Waals surface area contributed by atoms with Crippen molar-refractivity contribution in [2.24, 2.45) is 5.73 Å². The number of carbonyl (C=O) groups is 1. The van der Waals surface area contributed by atoms with Gasteiger partial charge in [-0.15, -0.1) is 0 Å². The maximum Gasteiger partial charge on any atom is 0.251 e. The van der Waals surface area contributed by atoms with Gasteiger partial charge in [0.2, 0.25) is 0 Å². The van der Waals surface area contributed by atoms with Crippen LogP contribution in [0.15, 0.2) is 30.6 Å². The van der Waals surface area contributed by atoms with E-state index in [9.17, 15) is 4.79 Å². The van der Waals surface area contributed by atoms with Crippen LogP contribution in [0.5, 0.6) is 5.75 Å². The maximum absolute atomic E-state index is 11.0. The van der Waals surface area contributed by atoms with Crippen molar-refractivity contribution >= 4 is 5.91 Å². The Hall–Kier alpha value is -2.81. The van der Waals surface area contributed by atoms with Gasteiger partial charge in [-0.3, -0.25) is 4.79 Å². The highest BCUT2D eigenvalue weighted by Crippen LogP contribution is 2.20. The van der Waals surface area contributed by atoms with Crippen LogP contribution < -0.4 is 10.5 Å². The van der Waals surface area contributed by atoms with Gasteiger partial charge in [0.15, 0.2) is 0 Å². The number of ether oxygens (including phenoxy) is 1. The Bertz CT molecular complexity index is 640. The fraction of sp³-hybridized carbons (Fsp3) is 0.0833. The normalized spacial score (nSPS) is 9.78. The smallest absolute Gasteiger partial charge is 0.251 e. The van der Waals surface area contributed by atoms with Crippen molar-refractivity contribution < 1.29 is 9.53 Å². The average molecular weight is 242 g/mol. The van der Waals surface area contributed by atoms with E-state index in [1.807, 2.05) is 0 Å². The van der Waals surface area contributed by atoms with Crippen LogP contribution in [-0.4, -0.2) is 22.8 Å². The molecule has 6 nitrogen and oxygen atoms in total. The lowest BCUT2D eigenvalue weighted by Crippen LogP contribution is -2.09. The highest BCUT2D eigenvalue weighted by molar-refractivity contribution is 5.92. The summed E-state index contributed by atoms with van der Waals surface area (Å²) in [7, 11) is 1.53. The van der Waals surface area contributed by atoms with Gasteiger partial charge >= 0.3 is 0 Å². The van der Waals surface area contributed by atoms with Crippen LogP contribution in [0.3, 0.4) is 0 Å². The zero-order valence-electron chi connectivity index (χ0n) is 9.62. The predicted octanol–water partition coefficient (Wildman–Crippen LogP) is 0.851. The van der Waals surface area contributed by atoms with Crippen LogP contribution in [0.4, 0.5) is 0 Å². The zero-order valence-corrected chi connectivity index (χ0v) is 9.62. The molecule has 0 aliphatic carbocycles. The summed E-state index contributed by atoms with van der Waals surface area (Å²) < 4.78 is 6.51. The number of methoxy groups -OCH3 is 1. The molecular formula is C12H10N4O2. The van der Waals surface area contributed by atoms with Crippen molar-refractivity contribution in [1.29, 1.82) is 5.26 Å². The van der Waals surface area contributed by atoms with Gasteiger partial charge in [0.05, 0.1) is 30.1 Å². The van der Waals surface area contributed by atoms with Crippen molar-refractivity contribution in [3.05, 3.63) is 41.7 Å². The second-order valence-corrected chi connectivity index (χ2v) is 3.53. The number of amides is 1. The summed E-state index contributed by atoms with van der Waals surface area (Å²) in [4.78, 5) is 11.0. The topological polar surface area (TPSA) is 93.9 Å². The number of benzene rings is 1. The predicted molar refractivity (Wildman–Crippen MR) is 63.3 cm³/mol. The van der Waals surface area contributed by atoms with Gasteiger partial charge in [-0.1, -0.05) is 0 Å². The van der Waals surface area contributed by atoms with Gasteiger partial charge in [-0.2, -0.15) is 10.4 Å². The first-order chi connectivity index (χ1) is 8.65. The molecule has 2 rings (SSSR count). The third-order valence-electron chi connectivity index (χ3n) is 2.44. The highest BCUT2D eigenvalue weighted by Gasteiger charge is 2.10. The third-order valence-corrected chi connectivity index (χ3v) is 2.44. The summed E-state index contributed by atoms with van der Waals surface area (Å²) in [6.07, 6.45) is 2.82. The molecule has 6 heteroatoms. The number of nitrogens with zero attached hydrogens (tertiary/aromatic N) is 3. The number of aromatic nitrogens is 2. The SMILES string of the molecule is COc1ccc(C#N)c(-n2cc(C(N)=O)cn2)c1. The van der Waals surface area contributed by atoms with Gasteiger partial charge in [-0.25, -0.2) is 4.68 Å². The van der Waals surface area contributed by atoms with E-state index in [-0.39, 0.29) is 5.56 Å². The lowest BCUT2D eigenvalue weighted by Gasteiger charge is -2.06. The van der Waals surface area contributed by atoms with E-state index >= 15 is 0 Å². The van der Waals surface area contributed by atoms with Gasteiger partial charge < -0.3 is 10.5 Å². The minimum Gasteiger partial charge on any atom is -0.497 e. The van der Waals surface area contributed by atoms with Crippen LogP contribution in [0.1, 0.15) is 15.9 Å². The summed E-state index contributed by atoms with van der Waals surface area (Å²) in [5, 5.41) is 13.0. The first-order valence-electron chi connectivity index (χ1n) is 5.08. The van der Waals surface area contributed by atoms with Gasteiger partial charge in [-0.05, 0) is 12.1 Å². The van der Waals surface area contributed by atoms with E-state index in [2.05, 4.69) is 11.2 Å². The molecule has 1 amide bonds. The Morgan fingerprint density at radius 1 is 1.56 bits per heavy atom. The molecule has 0 aliphatic heterocycles. The summed E-state index contributed by atoms with van der Waals surface area (Å²) in [6, 6.07) is 7.02. The number of nitriles is 1. The Kier molecular flexibility index (Phi) is 2.98. The Balaban J connectivity index is 2.54. The van der Waals surface area contributed by atoms with Crippen LogP contribution in [0.25, 0.3) is 5.69 Å². The fourth-order valence-corrected chi connectivity index (χ4v) is 1.50. The number of primary amides is 1. The molecule has 1 heterocycles. The van der Waals surface area contributed by atoms with Crippen molar-refractivity contribution in [2.45, 2.75) is 0 Å². The second kappa shape index (κ2) is 4.59. The van der Waals surface area contributed by atoms with Crippen LogP contribution >= 0.6 is 0 Å². The molecule has 0 saturated heterocycles. The van der Waals surface area contributed by atoms with Crippen LogP contribution in [0, 0.1) is 11.3 Å². The third kappa shape index (κ3) is 2.01. The minimum absolute atomic E-state index is 0.279. The molecule has 18 heavy (non-hydrogen) atoms. The van der Waals surface area contributed by atoms with E-state index in [1.165, 1.54) is 24.2 Å². The van der Waals surface area contributed by atoms with E-state index in [4.69, 9.17) is 15.7 Å². The molecule has 0 unspecified atom stereocenters. The van der Waals surface area contributed by atoms with Crippen molar-refractivity contribution in [3.63, 3.8) is 0 Å². The van der Waals surface area contributed by atoms with Crippen molar-refractivity contribution in [1.82, 2.24) is 9.78 Å². The number of hydrogen-bond donors (Lipinski definition) is 1. The van der Waals surface area contributed by atoms with Crippen molar-refractivity contribution in [2.75, 3.05) is 7.11 Å². The molecule has 2 aromatic rings. The minimum atomic E-state index is -0.567. The first kappa shape index (κ1) is 11.7. The molecular weight excluding hydrogens is 232 g/mol. The van der Waals surface area contributed by atoms with Crippen LogP contribution in [0.2, 0.25) is 0 Å². The quantitative estimate of drug-likeness (QED) is 0.863. The Morgan fingerprint density at radius 3 is 2.89 bits per heavy atom. The summed E-state index contributed by atoms with van der Waals surface area (Å²) >= 11 is 0. The molecule has 2 N–H and O–H groups in total. The molecule has 0 spiro atoms. The number of nitrogens with two attached hydrogens (primary N) is 1. The van der Waals surface area contributed by atoms with Gasteiger partial charge in [0.25, 0.3) is 5.91 Å². The number of carbonyl (C=O) groups excluding carboxylic acids is 1. The summed E-state index contributed by atoms with van der Waals surface area (Å²) in [5.41, 5.74) is 6.39. The fourth-order valence-electron chi connectivity index (χ4n) is 1.50. The molecule has 0 fully saturated rings. The van der Waals surface area contributed by atoms with E-state index in [0.717, 1.165) is 0 Å². The Morgan fingerprint density at radius 2 is 2.33 bits per heavy atom. The lowest BCUT2D eigenvalue weighted by molar-refractivity contribution is 0.100. The molecule has 90 valence electrons. The summed E-state index contributed by atoms with van der Waals surface area (Å²) in [6.45, 7) is 0. The molecule has 1 aromatic heterocycles. The first-order valence-corrected chi connectivity index (χ1v) is 5.08.